The Morgan fingerprint density at radius 3 is 2.90 bits per heavy atom. The number of phenolic OH excluding ortho intramolecular Hbond substituents is 1. The molecule has 0 radical (unpaired) electrons. The highest BCUT2D eigenvalue weighted by Crippen LogP contribution is 2.33. The van der Waals surface area contributed by atoms with E-state index < -0.39 is 22.3 Å². The zero-order chi connectivity index (χ0) is 21.7. The van der Waals surface area contributed by atoms with Crippen LogP contribution >= 0.6 is 15.9 Å². The van der Waals surface area contributed by atoms with Crippen LogP contribution in [0, 0.1) is 10.1 Å². The van der Waals surface area contributed by atoms with E-state index in [4.69, 9.17) is 4.74 Å². The van der Waals surface area contributed by atoms with Crippen LogP contribution in [0.2, 0.25) is 0 Å². The van der Waals surface area contributed by atoms with Crippen molar-refractivity contribution in [2.45, 2.75) is 6.54 Å². The Hall–Kier alpha value is -3.73. The smallest absolute Gasteiger partial charge is 0.315 e. The van der Waals surface area contributed by atoms with Crippen molar-refractivity contribution < 1.29 is 19.6 Å². The van der Waals surface area contributed by atoms with E-state index in [1.54, 1.807) is 10.9 Å². The lowest BCUT2D eigenvalue weighted by atomic mass is 10.1. The van der Waals surface area contributed by atoms with Crippen LogP contribution in [0.15, 0.2) is 58.2 Å². The van der Waals surface area contributed by atoms with Crippen molar-refractivity contribution in [1.29, 1.82) is 0 Å². The summed E-state index contributed by atoms with van der Waals surface area (Å²) in [4.78, 5) is 22.5. The number of nitro benzene ring substituents is 1. The number of nitrogens with one attached hydrogen (secondary N) is 1. The number of hydrogen-bond acceptors (Lipinski definition) is 7. The van der Waals surface area contributed by atoms with Gasteiger partial charge >= 0.3 is 5.69 Å². The Bertz CT molecular complexity index is 1130. The second kappa shape index (κ2) is 9.18. The topological polar surface area (TPSA) is 132 Å². The predicted octanol–water partition coefficient (Wildman–Crippen LogP) is 3.08. The Kier molecular flexibility index (Phi) is 6.42. The molecule has 154 valence electrons. The lowest BCUT2D eigenvalue weighted by Crippen LogP contribution is -2.18. The minimum Gasteiger partial charge on any atom is -0.502 e. The van der Waals surface area contributed by atoms with E-state index in [2.05, 4.69) is 31.6 Å². The summed E-state index contributed by atoms with van der Waals surface area (Å²) in [6, 6.07) is 11.7. The van der Waals surface area contributed by atoms with E-state index in [9.17, 15) is 20.0 Å². The van der Waals surface area contributed by atoms with Gasteiger partial charge in [0.1, 0.15) is 5.75 Å². The molecular formula is C19H16BrN5O5. The Morgan fingerprint density at radius 2 is 2.20 bits per heavy atom. The lowest BCUT2D eigenvalue weighted by Gasteiger charge is -2.04. The molecule has 0 aliphatic carbocycles. The molecule has 0 unspecified atom stereocenters. The van der Waals surface area contributed by atoms with Crippen LogP contribution in [0.1, 0.15) is 21.6 Å². The molecule has 3 aromatic rings. The number of rotatable bonds is 7. The van der Waals surface area contributed by atoms with Gasteiger partial charge in [-0.05, 0) is 29.8 Å². The maximum Gasteiger partial charge on any atom is 0.315 e. The highest BCUT2D eigenvalue weighted by molar-refractivity contribution is 9.10. The number of carbonyl (C=O) groups excluding carboxylic acids is 1. The number of benzene rings is 2. The van der Waals surface area contributed by atoms with Crippen LogP contribution in [-0.2, 0) is 6.54 Å². The number of carbonyl (C=O) groups is 1. The average Bonchev–Trinajstić information content (AvgIpc) is 3.17. The molecule has 0 atom stereocenters. The quantitative estimate of drug-likeness (QED) is 0.307. The van der Waals surface area contributed by atoms with Crippen LogP contribution in [0.5, 0.6) is 11.5 Å². The first-order chi connectivity index (χ1) is 14.4. The summed E-state index contributed by atoms with van der Waals surface area (Å²) in [5.41, 5.74) is 2.90. The number of amides is 1. The van der Waals surface area contributed by atoms with Gasteiger partial charge in [0.25, 0.3) is 5.91 Å². The maximum absolute atomic E-state index is 12.2. The summed E-state index contributed by atoms with van der Waals surface area (Å²) < 4.78 is 7.53. The maximum atomic E-state index is 12.2. The zero-order valence-corrected chi connectivity index (χ0v) is 17.2. The van der Waals surface area contributed by atoms with Gasteiger partial charge in [-0.25, -0.2) is 5.43 Å². The fourth-order valence-electron chi connectivity index (χ4n) is 2.58. The number of halogens is 1. The van der Waals surface area contributed by atoms with E-state index in [1.165, 1.54) is 19.2 Å². The number of methoxy groups -OCH3 is 1. The van der Waals surface area contributed by atoms with E-state index in [0.29, 0.717) is 6.54 Å². The number of aromatic nitrogens is 2. The summed E-state index contributed by atoms with van der Waals surface area (Å²) in [6.07, 6.45) is 2.75. The molecule has 11 heteroatoms. The average molecular weight is 474 g/mol. The number of ether oxygens (including phenoxy) is 1. The number of nitro groups is 1. The zero-order valence-electron chi connectivity index (χ0n) is 15.7. The molecule has 0 bridgehead atoms. The molecule has 0 aliphatic heterocycles. The third kappa shape index (κ3) is 5.00. The Labute approximate surface area is 179 Å². The van der Waals surface area contributed by atoms with E-state index in [0.717, 1.165) is 22.3 Å². The molecule has 0 saturated carbocycles. The number of hydrogen-bond donors (Lipinski definition) is 2. The van der Waals surface area contributed by atoms with Crippen molar-refractivity contribution in [1.82, 2.24) is 15.2 Å². The summed E-state index contributed by atoms with van der Waals surface area (Å²) in [5.74, 6) is -0.994. The van der Waals surface area contributed by atoms with Gasteiger partial charge < -0.3 is 9.84 Å². The molecular weight excluding hydrogens is 458 g/mol. The highest BCUT2D eigenvalue weighted by Gasteiger charge is 2.19. The van der Waals surface area contributed by atoms with Gasteiger partial charge in [0.2, 0.25) is 5.75 Å². The minimum absolute atomic E-state index is 0.0153. The summed E-state index contributed by atoms with van der Waals surface area (Å²) in [7, 11) is 1.34. The van der Waals surface area contributed by atoms with Gasteiger partial charge in [0, 0.05) is 16.2 Å². The number of hydrazone groups is 1. The normalized spacial score (nSPS) is 10.9. The Balaban J connectivity index is 1.69. The lowest BCUT2D eigenvalue weighted by molar-refractivity contribution is -0.385. The van der Waals surface area contributed by atoms with E-state index in [-0.39, 0.29) is 17.0 Å². The van der Waals surface area contributed by atoms with Gasteiger partial charge in [-0.15, -0.1) is 0 Å². The predicted molar refractivity (Wildman–Crippen MR) is 112 cm³/mol. The second-order valence-corrected chi connectivity index (χ2v) is 6.98. The number of aromatic hydroxyl groups is 1. The molecule has 30 heavy (non-hydrogen) atoms. The summed E-state index contributed by atoms with van der Waals surface area (Å²) in [6.45, 7) is 0.483. The van der Waals surface area contributed by atoms with Gasteiger partial charge in [-0.1, -0.05) is 28.1 Å². The van der Waals surface area contributed by atoms with Crippen molar-refractivity contribution in [3.05, 3.63) is 80.1 Å². The monoisotopic (exact) mass is 473 g/mol. The Morgan fingerprint density at radius 1 is 1.40 bits per heavy atom. The van der Waals surface area contributed by atoms with E-state index >= 15 is 0 Å². The first kappa shape index (κ1) is 21.0. The molecule has 0 aliphatic rings. The van der Waals surface area contributed by atoms with Crippen LogP contribution in [0.3, 0.4) is 0 Å². The summed E-state index contributed by atoms with van der Waals surface area (Å²) in [5, 5.41) is 29.0. The fourth-order valence-corrected chi connectivity index (χ4v) is 3.03. The second-order valence-electron chi connectivity index (χ2n) is 6.07. The number of nitrogens with zero attached hydrogens (tertiary/aromatic N) is 4. The molecule has 2 aromatic carbocycles. The first-order valence-corrected chi connectivity index (χ1v) is 9.33. The minimum atomic E-state index is -0.744. The van der Waals surface area contributed by atoms with Crippen LogP contribution < -0.4 is 10.2 Å². The van der Waals surface area contributed by atoms with Crippen LogP contribution in [0.4, 0.5) is 5.69 Å². The third-order valence-corrected chi connectivity index (χ3v) is 4.50. The van der Waals surface area contributed by atoms with Crippen molar-refractivity contribution >= 4 is 33.7 Å². The van der Waals surface area contributed by atoms with E-state index in [1.807, 2.05) is 24.3 Å². The number of phenols is 1. The molecule has 0 saturated heterocycles. The van der Waals surface area contributed by atoms with Gasteiger partial charge in [0.15, 0.2) is 5.69 Å². The SMILES string of the molecule is COc1cc(/C=N\NC(=O)c2ccn(Cc3cccc(Br)c3)n2)c(O)c([N+](=O)[O-])c1. The van der Waals surface area contributed by atoms with Crippen molar-refractivity contribution in [2.24, 2.45) is 5.10 Å². The summed E-state index contributed by atoms with van der Waals surface area (Å²) >= 11 is 3.41. The molecule has 0 spiro atoms. The standard InChI is InChI=1S/C19H16BrN5O5/c1-30-15-8-13(18(26)17(9-15)25(28)29)10-21-22-19(27)16-5-6-24(23-16)11-12-3-2-4-14(20)7-12/h2-10,26H,11H2,1H3,(H,22,27)/b21-10-. The van der Waals surface area contributed by atoms with Crippen LogP contribution in [0.25, 0.3) is 0 Å². The molecule has 0 fully saturated rings. The van der Waals surface area contributed by atoms with Gasteiger partial charge in [-0.3, -0.25) is 19.6 Å². The van der Waals surface area contributed by atoms with Gasteiger partial charge in [-0.2, -0.15) is 10.2 Å². The molecule has 3 rings (SSSR count). The fraction of sp³-hybridized carbons (Fsp3) is 0.105. The first-order valence-electron chi connectivity index (χ1n) is 8.54. The molecule has 1 aromatic heterocycles. The third-order valence-electron chi connectivity index (χ3n) is 4.00. The molecule has 1 heterocycles. The van der Waals surface area contributed by atoms with Crippen molar-refractivity contribution in [2.75, 3.05) is 7.11 Å². The molecule has 1 amide bonds. The van der Waals surface area contributed by atoms with Crippen molar-refractivity contribution in [3.63, 3.8) is 0 Å². The van der Waals surface area contributed by atoms with Crippen molar-refractivity contribution in [3.8, 4) is 11.5 Å². The van der Waals surface area contributed by atoms with Crippen LogP contribution in [-0.4, -0.2) is 39.0 Å². The molecule has 10 nitrogen and oxygen atoms in total. The molecule has 2 N–H and O–H groups in total. The highest BCUT2D eigenvalue weighted by atomic mass is 79.9. The van der Waals surface area contributed by atoms with Gasteiger partial charge in [0.05, 0.1) is 30.9 Å². The largest absolute Gasteiger partial charge is 0.502 e.